The molecule has 4 atom stereocenters. The average molecular weight is 471 g/mol. The highest BCUT2D eigenvalue weighted by molar-refractivity contribution is 6.71. The van der Waals surface area contributed by atoms with Crippen molar-refractivity contribution in [2.45, 2.75) is 103 Å². The van der Waals surface area contributed by atoms with Gasteiger partial charge in [0.15, 0.2) is 33.3 Å². The van der Waals surface area contributed by atoms with Crippen LogP contribution in [-0.4, -0.2) is 81.1 Å². The van der Waals surface area contributed by atoms with Crippen LogP contribution in [0.4, 0.5) is 0 Å². The Morgan fingerprint density at radius 3 is 1.32 bits per heavy atom. The molecule has 2 N–H and O–H groups in total. The molecule has 0 saturated heterocycles. The lowest BCUT2D eigenvalue weighted by Crippen LogP contribution is -2.58. The Balaban J connectivity index is 5.90. The van der Waals surface area contributed by atoms with Gasteiger partial charge in [-0.1, -0.05) is 0 Å². The van der Waals surface area contributed by atoms with E-state index in [0.717, 1.165) is 0 Å². The van der Waals surface area contributed by atoms with Gasteiger partial charge in [0.25, 0.3) is 0 Å². The second-order valence-corrected chi connectivity index (χ2v) is 29.2. The molecule has 0 spiro atoms. The van der Waals surface area contributed by atoms with Crippen molar-refractivity contribution in [1.29, 1.82) is 0 Å². The summed E-state index contributed by atoms with van der Waals surface area (Å²) in [6.07, 6.45) is -2.54. The molecule has 6 nitrogen and oxygen atoms in total. The van der Waals surface area contributed by atoms with Gasteiger partial charge in [0.1, 0.15) is 12.2 Å². The largest absolute Gasteiger partial charge is 0.415 e. The fourth-order valence-corrected chi connectivity index (χ4v) is 6.63. The third-order valence-electron chi connectivity index (χ3n) is 3.42. The fourth-order valence-electron chi connectivity index (χ4n) is 2.63. The first-order valence-electron chi connectivity index (χ1n) is 10.2. The summed E-state index contributed by atoms with van der Waals surface area (Å²) in [5.41, 5.74) is 0. The van der Waals surface area contributed by atoms with E-state index in [9.17, 15) is 10.2 Å². The monoisotopic (exact) mass is 470 g/mol. The molecule has 0 aromatic carbocycles. The lowest BCUT2D eigenvalue weighted by atomic mass is 10.0. The second kappa shape index (κ2) is 10.8. The third kappa shape index (κ3) is 13.8. The van der Waals surface area contributed by atoms with Gasteiger partial charge in [-0.05, 0) is 78.6 Å². The van der Waals surface area contributed by atoms with Crippen molar-refractivity contribution >= 4 is 33.3 Å². The number of aliphatic hydroxyl groups is 2. The Morgan fingerprint density at radius 2 is 1.00 bits per heavy atom. The van der Waals surface area contributed by atoms with Crippen LogP contribution in [0.1, 0.15) is 0 Å². The zero-order chi connectivity index (χ0) is 22.6. The number of aliphatic hydroxyl groups excluding tert-OH is 2. The predicted octanol–water partition coefficient (Wildman–Crippen LogP) is 3.85. The Labute approximate surface area is 177 Å². The summed E-state index contributed by atoms with van der Waals surface area (Å²) in [6.45, 7) is 25.1. The van der Waals surface area contributed by atoms with Crippen molar-refractivity contribution in [3.63, 3.8) is 0 Å². The minimum Gasteiger partial charge on any atom is -0.415 e. The first kappa shape index (κ1) is 28.6. The van der Waals surface area contributed by atoms with E-state index in [1.54, 1.807) is 0 Å². The summed E-state index contributed by atoms with van der Waals surface area (Å²) in [7, 11) is -7.74. The van der Waals surface area contributed by atoms with Gasteiger partial charge in [0.2, 0.25) is 0 Å². The van der Waals surface area contributed by atoms with E-state index in [0.29, 0.717) is 0 Å². The molecule has 0 amide bonds. The van der Waals surface area contributed by atoms with Crippen LogP contribution in [0, 0.1) is 0 Å². The van der Waals surface area contributed by atoms with Crippen LogP contribution in [0.2, 0.25) is 78.6 Å². The predicted molar refractivity (Wildman–Crippen MR) is 127 cm³/mol. The minimum atomic E-state index is -2.01. The van der Waals surface area contributed by atoms with Gasteiger partial charge in [-0.2, -0.15) is 0 Å². The molecule has 0 heterocycles. The van der Waals surface area contributed by atoms with Crippen molar-refractivity contribution in [3.05, 3.63) is 0 Å². The lowest BCUT2D eigenvalue weighted by Gasteiger charge is -2.43. The van der Waals surface area contributed by atoms with Crippen molar-refractivity contribution in [2.24, 2.45) is 0 Å². The van der Waals surface area contributed by atoms with Crippen LogP contribution in [0.15, 0.2) is 0 Å². The quantitative estimate of drug-likeness (QED) is 0.398. The summed E-state index contributed by atoms with van der Waals surface area (Å²) < 4.78 is 25.1. The summed E-state index contributed by atoms with van der Waals surface area (Å²) in [4.78, 5) is 0. The summed E-state index contributed by atoms with van der Waals surface area (Å²) in [5.74, 6) is 0. The van der Waals surface area contributed by atoms with Gasteiger partial charge in [0, 0.05) is 0 Å². The Bertz CT molecular complexity index is 451. The zero-order valence-electron chi connectivity index (χ0n) is 20.3. The van der Waals surface area contributed by atoms with Gasteiger partial charge in [-0.25, -0.2) is 0 Å². The Kier molecular flexibility index (Phi) is 11.0. The van der Waals surface area contributed by atoms with E-state index in [2.05, 4.69) is 78.6 Å². The third-order valence-corrected chi connectivity index (χ3v) is 7.42. The van der Waals surface area contributed by atoms with E-state index in [1.165, 1.54) is 0 Å². The lowest BCUT2D eigenvalue weighted by molar-refractivity contribution is -0.102. The number of hydrogen-bond donors (Lipinski definition) is 2. The molecule has 10 heteroatoms. The molecule has 0 radical (unpaired) electrons. The van der Waals surface area contributed by atoms with Crippen molar-refractivity contribution in [2.75, 3.05) is 13.2 Å². The van der Waals surface area contributed by atoms with Crippen LogP contribution >= 0.6 is 0 Å². The smallest absolute Gasteiger partial charge is 0.184 e. The summed E-state index contributed by atoms with van der Waals surface area (Å²) >= 11 is 0. The maximum absolute atomic E-state index is 11.0. The average Bonchev–Trinajstić information content (AvgIpc) is 2.42. The SMILES string of the molecule is C[Si](C)(C)OC[C@@H](O)[C@@H](O[Si](C)(C)C)[C@H](O[Si](C)(C)C)[C@H](CO)O[Si](C)(C)C. The Hall–Kier alpha value is 0.628. The van der Waals surface area contributed by atoms with E-state index in [1.807, 2.05) is 0 Å². The minimum absolute atomic E-state index is 0.174. The molecule has 0 aromatic rings. The number of hydrogen-bond acceptors (Lipinski definition) is 6. The Morgan fingerprint density at radius 1 is 0.607 bits per heavy atom. The van der Waals surface area contributed by atoms with Crippen LogP contribution in [0.25, 0.3) is 0 Å². The van der Waals surface area contributed by atoms with Gasteiger partial charge < -0.3 is 27.9 Å². The molecular formula is C18H46O6Si4. The van der Waals surface area contributed by atoms with E-state index in [4.69, 9.17) is 17.7 Å². The molecule has 0 aromatic heterocycles. The molecule has 0 unspecified atom stereocenters. The standard InChI is InChI=1S/C18H46O6Si4/c1-25(2,3)21-14-15(20)17(23-27(7,8)9)18(24-28(10,11)12)16(13-19)22-26(4,5)6/h15-20H,13-14H2,1-12H3/t15-,16+,17-,18-/m1/s1. The molecule has 0 bridgehead atoms. The molecule has 0 aliphatic carbocycles. The molecule has 0 fully saturated rings. The van der Waals surface area contributed by atoms with Crippen LogP contribution < -0.4 is 0 Å². The van der Waals surface area contributed by atoms with Crippen LogP contribution in [0.3, 0.4) is 0 Å². The van der Waals surface area contributed by atoms with Crippen molar-refractivity contribution < 1.29 is 27.9 Å². The van der Waals surface area contributed by atoms with Crippen LogP contribution in [0.5, 0.6) is 0 Å². The molecule has 0 aliphatic rings. The summed E-state index contributed by atoms with van der Waals surface area (Å²) in [6, 6.07) is 0. The fraction of sp³-hybridized carbons (Fsp3) is 1.00. The molecule has 28 heavy (non-hydrogen) atoms. The zero-order valence-corrected chi connectivity index (χ0v) is 24.3. The molecular weight excluding hydrogens is 425 g/mol. The molecule has 0 aliphatic heterocycles. The van der Waals surface area contributed by atoms with Gasteiger partial charge >= 0.3 is 0 Å². The van der Waals surface area contributed by atoms with Gasteiger partial charge in [0.05, 0.1) is 25.4 Å². The molecule has 0 saturated carbocycles. The van der Waals surface area contributed by atoms with Gasteiger partial charge in [-0.15, -0.1) is 0 Å². The highest BCUT2D eigenvalue weighted by Gasteiger charge is 2.42. The van der Waals surface area contributed by atoms with E-state index >= 15 is 0 Å². The first-order chi connectivity index (χ1) is 12.2. The second-order valence-electron chi connectivity index (χ2n) is 11.3. The highest BCUT2D eigenvalue weighted by atomic mass is 28.4. The summed E-state index contributed by atoms with van der Waals surface area (Å²) in [5, 5.41) is 21.2. The topological polar surface area (TPSA) is 77.4 Å². The normalized spacial score (nSPS) is 18.6. The highest BCUT2D eigenvalue weighted by Crippen LogP contribution is 2.26. The van der Waals surface area contributed by atoms with Crippen LogP contribution in [-0.2, 0) is 17.7 Å². The molecule has 170 valence electrons. The molecule has 0 rings (SSSR count). The van der Waals surface area contributed by atoms with Gasteiger partial charge in [-0.3, -0.25) is 0 Å². The van der Waals surface area contributed by atoms with E-state index in [-0.39, 0.29) is 13.2 Å². The van der Waals surface area contributed by atoms with Crippen molar-refractivity contribution in [3.8, 4) is 0 Å². The number of rotatable bonds is 13. The van der Waals surface area contributed by atoms with Crippen molar-refractivity contribution in [1.82, 2.24) is 0 Å². The maximum Gasteiger partial charge on any atom is 0.184 e. The van der Waals surface area contributed by atoms with E-state index < -0.39 is 57.7 Å². The first-order valence-corrected chi connectivity index (χ1v) is 23.8. The maximum atomic E-state index is 11.0.